The summed E-state index contributed by atoms with van der Waals surface area (Å²) in [5.74, 6) is 0. The number of nitriles is 1. The molecule has 0 saturated heterocycles. The molecule has 116 valence electrons. The number of fused-ring (bicyclic) bond motifs is 2. The van der Waals surface area contributed by atoms with E-state index in [1.807, 2.05) is 29.0 Å². The Labute approximate surface area is 148 Å². The number of aromatic nitrogens is 2. The van der Waals surface area contributed by atoms with E-state index < -0.39 is 0 Å². The van der Waals surface area contributed by atoms with Crippen molar-refractivity contribution in [1.82, 2.24) is 9.55 Å². The molecule has 3 aromatic rings. The Morgan fingerprint density at radius 1 is 1.08 bits per heavy atom. The van der Waals surface area contributed by atoms with Crippen LogP contribution < -0.4 is 0 Å². The first-order chi connectivity index (χ1) is 11.6. The molecule has 0 spiro atoms. The van der Waals surface area contributed by atoms with Gasteiger partial charge in [0.2, 0.25) is 0 Å². The summed E-state index contributed by atoms with van der Waals surface area (Å²) >= 11 is 12.4. The van der Waals surface area contributed by atoms with E-state index in [9.17, 15) is 0 Å². The number of aliphatic imine (C=N–C) groups is 1. The van der Waals surface area contributed by atoms with Crippen LogP contribution in [0, 0.1) is 11.3 Å². The lowest BCUT2D eigenvalue weighted by molar-refractivity contribution is 0.804. The lowest BCUT2D eigenvalue weighted by Gasteiger charge is -2.06. The summed E-state index contributed by atoms with van der Waals surface area (Å²) in [5, 5.41) is 9.76. The van der Waals surface area contributed by atoms with Gasteiger partial charge in [0.1, 0.15) is 5.15 Å². The van der Waals surface area contributed by atoms with Gasteiger partial charge in [-0.15, -0.1) is 0 Å². The predicted molar refractivity (Wildman–Crippen MR) is 95.0 cm³/mol. The Kier molecular flexibility index (Phi) is 3.61. The first-order valence-corrected chi connectivity index (χ1v) is 7.99. The predicted octanol–water partition coefficient (Wildman–Crippen LogP) is 4.75. The quantitative estimate of drug-likeness (QED) is 0.593. The summed E-state index contributed by atoms with van der Waals surface area (Å²) in [5.41, 5.74) is 5.21. The molecule has 0 radical (unpaired) electrons. The summed E-state index contributed by atoms with van der Waals surface area (Å²) in [6.45, 7) is 0.614. The van der Waals surface area contributed by atoms with E-state index in [4.69, 9.17) is 28.5 Å². The minimum Gasteiger partial charge on any atom is -0.340 e. The molecule has 4 rings (SSSR count). The van der Waals surface area contributed by atoms with E-state index in [0.717, 1.165) is 28.1 Å². The van der Waals surface area contributed by atoms with Gasteiger partial charge in [0.15, 0.2) is 5.17 Å². The van der Waals surface area contributed by atoms with Gasteiger partial charge in [0, 0.05) is 23.9 Å². The lowest BCUT2D eigenvalue weighted by Crippen LogP contribution is -2.03. The SMILES string of the molecule is N#Cc1ccc(-c2cc3n(c2)Cc2cc(Cl)ncc2N=C3Cl)cc1. The van der Waals surface area contributed by atoms with Gasteiger partial charge in [-0.1, -0.05) is 35.3 Å². The number of pyridine rings is 1. The van der Waals surface area contributed by atoms with Crippen LogP contribution >= 0.6 is 23.2 Å². The lowest BCUT2D eigenvalue weighted by atomic mass is 10.1. The van der Waals surface area contributed by atoms with E-state index in [1.165, 1.54) is 0 Å². The van der Waals surface area contributed by atoms with Crippen LogP contribution in [0.4, 0.5) is 5.69 Å². The Morgan fingerprint density at radius 2 is 1.88 bits per heavy atom. The third-order valence-corrected chi connectivity index (χ3v) is 4.43. The zero-order valence-corrected chi connectivity index (χ0v) is 13.9. The molecular formula is C18H10Cl2N4. The van der Waals surface area contributed by atoms with Gasteiger partial charge in [-0.05, 0) is 29.8 Å². The molecule has 0 fully saturated rings. The molecule has 0 unspecified atom stereocenters. The topological polar surface area (TPSA) is 54.0 Å². The number of halogens is 2. The summed E-state index contributed by atoms with van der Waals surface area (Å²) < 4.78 is 2.04. The van der Waals surface area contributed by atoms with Crippen LogP contribution in [0.5, 0.6) is 0 Å². The van der Waals surface area contributed by atoms with Crippen molar-refractivity contribution in [2.75, 3.05) is 0 Å². The third-order valence-electron chi connectivity index (χ3n) is 3.95. The van der Waals surface area contributed by atoms with Gasteiger partial charge < -0.3 is 4.57 Å². The zero-order chi connectivity index (χ0) is 16.7. The van der Waals surface area contributed by atoms with Crippen molar-refractivity contribution in [3.05, 3.63) is 70.8 Å². The number of hydrogen-bond donors (Lipinski definition) is 0. The highest BCUT2D eigenvalue weighted by Gasteiger charge is 2.18. The molecule has 3 heterocycles. The molecule has 0 N–H and O–H groups in total. The molecule has 6 heteroatoms. The van der Waals surface area contributed by atoms with Crippen molar-refractivity contribution < 1.29 is 0 Å². The van der Waals surface area contributed by atoms with E-state index in [2.05, 4.69) is 16.0 Å². The zero-order valence-electron chi connectivity index (χ0n) is 12.4. The maximum atomic E-state index is 8.91. The van der Waals surface area contributed by atoms with E-state index in [0.29, 0.717) is 22.4 Å². The number of benzene rings is 1. The first kappa shape index (κ1) is 14.9. The summed E-state index contributed by atoms with van der Waals surface area (Å²) in [4.78, 5) is 8.51. The Morgan fingerprint density at radius 3 is 2.62 bits per heavy atom. The number of nitrogens with zero attached hydrogens (tertiary/aromatic N) is 4. The largest absolute Gasteiger partial charge is 0.340 e. The Balaban J connectivity index is 1.79. The van der Waals surface area contributed by atoms with Gasteiger partial charge >= 0.3 is 0 Å². The first-order valence-electron chi connectivity index (χ1n) is 7.24. The molecule has 0 aliphatic carbocycles. The van der Waals surface area contributed by atoms with E-state index in [-0.39, 0.29) is 0 Å². The highest BCUT2D eigenvalue weighted by Crippen LogP contribution is 2.31. The highest BCUT2D eigenvalue weighted by atomic mass is 35.5. The molecule has 1 aliphatic rings. The summed E-state index contributed by atoms with van der Waals surface area (Å²) in [7, 11) is 0. The van der Waals surface area contributed by atoms with Crippen LogP contribution in [0.15, 0.2) is 53.8 Å². The monoisotopic (exact) mass is 352 g/mol. The minimum atomic E-state index is 0.415. The van der Waals surface area contributed by atoms with Crippen LogP contribution in [-0.2, 0) is 6.54 Å². The van der Waals surface area contributed by atoms with Gasteiger partial charge in [-0.25, -0.2) is 9.98 Å². The summed E-state index contributed by atoms with van der Waals surface area (Å²) in [6, 6.07) is 13.4. The maximum absolute atomic E-state index is 8.91. The van der Waals surface area contributed by atoms with Gasteiger partial charge in [0.25, 0.3) is 0 Å². The minimum absolute atomic E-state index is 0.415. The smallest absolute Gasteiger partial charge is 0.153 e. The number of hydrogen-bond acceptors (Lipinski definition) is 3. The molecule has 24 heavy (non-hydrogen) atoms. The van der Waals surface area contributed by atoms with E-state index in [1.54, 1.807) is 24.4 Å². The Hall–Kier alpha value is -2.61. The average Bonchev–Trinajstić information content (AvgIpc) is 2.96. The van der Waals surface area contributed by atoms with Crippen LogP contribution in [0.2, 0.25) is 5.15 Å². The van der Waals surface area contributed by atoms with Gasteiger partial charge in [-0.3, -0.25) is 0 Å². The van der Waals surface area contributed by atoms with Crippen LogP contribution in [0.1, 0.15) is 16.8 Å². The maximum Gasteiger partial charge on any atom is 0.153 e. The van der Waals surface area contributed by atoms with Crippen molar-refractivity contribution in [2.45, 2.75) is 6.54 Å². The average molecular weight is 353 g/mol. The second kappa shape index (κ2) is 5.79. The molecular weight excluding hydrogens is 343 g/mol. The molecule has 0 atom stereocenters. The van der Waals surface area contributed by atoms with Crippen LogP contribution in [0.25, 0.3) is 11.1 Å². The van der Waals surface area contributed by atoms with E-state index >= 15 is 0 Å². The molecule has 1 aliphatic heterocycles. The molecule has 0 bridgehead atoms. The van der Waals surface area contributed by atoms with Crippen LogP contribution in [0.3, 0.4) is 0 Å². The molecule has 4 nitrogen and oxygen atoms in total. The van der Waals surface area contributed by atoms with Gasteiger partial charge in [-0.2, -0.15) is 5.26 Å². The molecule has 0 saturated carbocycles. The molecule has 2 aromatic heterocycles. The molecule has 0 amide bonds. The second-order valence-corrected chi connectivity index (χ2v) is 6.21. The fraction of sp³-hybridized carbons (Fsp3) is 0.0556. The fourth-order valence-corrected chi connectivity index (χ4v) is 3.18. The number of rotatable bonds is 1. The fourth-order valence-electron chi connectivity index (χ4n) is 2.74. The highest BCUT2D eigenvalue weighted by molar-refractivity contribution is 6.69. The van der Waals surface area contributed by atoms with Crippen LogP contribution in [-0.4, -0.2) is 14.7 Å². The summed E-state index contributed by atoms with van der Waals surface area (Å²) in [6.07, 6.45) is 3.66. The van der Waals surface area contributed by atoms with Crippen molar-refractivity contribution in [3.8, 4) is 17.2 Å². The normalized spacial score (nSPS) is 12.6. The van der Waals surface area contributed by atoms with Crippen molar-refractivity contribution in [1.29, 1.82) is 5.26 Å². The van der Waals surface area contributed by atoms with Crippen molar-refractivity contribution >= 4 is 34.1 Å². The van der Waals surface area contributed by atoms with Crippen molar-refractivity contribution in [3.63, 3.8) is 0 Å². The molecule has 1 aromatic carbocycles. The van der Waals surface area contributed by atoms with Crippen molar-refractivity contribution in [2.24, 2.45) is 4.99 Å². The Bertz CT molecular complexity index is 1010. The standard InChI is InChI=1S/C18H10Cl2N4/c19-17-6-14-10-24-9-13(12-3-1-11(7-21)2-4-12)5-16(24)18(20)23-15(14)8-22-17/h1-6,8-9H,10H2. The third kappa shape index (κ3) is 2.58. The second-order valence-electron chi connectivity index (χ2n) is 5.47. The van der Waals surface area contributed by atoms with Gasteiger partial charge in [0.05, 0.1) is 29.2 Å².